The molecular formula is C23H26F2N2. The molecule has 1 unspecified atom stereocenters. The smallest absolute Gasteiger partial charge is 0.160 e. The SMILES string of the molecule is [2H]C(c1ccc(F)c(F)c1)N1CC([2H])([2H])C(N([2H])c2cccc3c2C(C)=C(C)C3)C([2H])([2H])C1. The van der Waals surface area contributed by atoms with Crippen molar-refractivity contribution in [3.8, 4) is 0 Å². The molecule has 1 heterocycles. The van der Waals surface area contributed by atoms with Gasteiger partial charge in [-0.1, -0.05) is 23.8 Å². The minimum Gasteiger partial charge on any atom is -0.382 e. The first-order valence-electron chi connectivity index (χ1n) is 12.0. The first-order valence-corrected chi connectivity index (χ1v) is 9.01. The maximum atomic E-state index is 13.7. The van der Waals surface area contributed by atoms with E-state index in [-0.39, 0.29) is 18.7 Å². The lowest BCUT2D eigenvalue weighted by Crippen LogP contribution is -2.38. The van der Waals surface area contributed by atoms with Gasteiger partial charge in [0.05, 0.1) is 0 Å². The normalized spacial score (nSPS) is 26.2. The average molecular weight is 375 g/mol. The van der Waals surface area contributed by atoms with Crippen molar-refractivity contribution in [2.45, 2.75) is 45.6 Å². The van der Waals surface area contributed by atoms with E-state index in [4.69, 9.17) is 8.27 Å². The highest BCUT2D eigenvalue weighted by Gasteiger charge is 2.23. The maximum Gasteiger partial charge on any atom is 0.160 e. The number of nitrogens with zero attached hydrogens (tertiary/aromatic N) is 1. The summed E-state index contributed by atoms with van der Waals surface area (Å²) in [6.45, 7) is 2.03. The minimum absolute atomic E-state index is 0.110. The van der Waals surface area contributed by atoms with Gasteiger partial charge in [0.1, 0.15) is 0 Å². The summed E-state index contributed by atoms with van der Waals surface area (Å²) >= 11 is 0. The van der Waals surface area contributed by atoms with Gasteiger partial charge in [0.15, 0.2) is 13.0 Å². The van der Waals surface area contributed by atoms with E-state index in [1.807, 2.05) is 19.9 Å². The Morgan fingerprint density at radius 3 is 2.70 bits per heavy atom. The van der Waals surface area contributed by atoms with Gasteiger partial charge in [-0.25, -0.2) is 8.78 Å². The first kappa shape index (κ1) is 12.3. The van der Waals surface area contributed by atoms with E-state index >= 15 is 0 Å². The second-order valence-electron chi connectivity index (χ2n) is 7.04. The molecule has 0 radical (unpaired) electrons. The number of hydrogen-bond acceptors (Lipinski definition) is 2. The zero-order chi connectivity index (χ0) is 24.3. The molecule has 2 aromatic carbocycles. The number of piperidine rings is 1. The molecular weight excluding hydrogens is 342 g/mol. The molecule has 4 heteroatoms. The van der Waals surface area contributed by atoms with Crippen molar-refractivity contribution in [1.82, 2.24) is 4.90 Å². The van der Waals surface area contributed by atoms with E-state index in [9.17, 15) is 8.78 Å². The molecule has 1 fully saturated rings. The van der Waals surface area contributed by atoms with E-state index in [0.717, 1.165) is 46.1 Å². The monoisotopic (exact) mass is 374 g/mol. The number of likely N-dealkylation sites (tertiary alicyclic amines) is 1. The number of rotatable bonds is 4. The number of allylic oxidation sites excluding steroid dienone is 2. The molecule has 1 aliphatic carbocycles. The van der Waals surface area contributed by atoms with Gasteiger partial charge >= 0.3 is 0 Å². The maximum absolute atomic E-state index is 13.7. The zero-order valence-electron chi connectivity index (χ0n) is 21.4. The van der Waals surface area contributed by atoms with Crippen LogP contribution in [0.1, 0.15) is 50.1 Å². The van der Waals surface area contributed by atoms with Crippen molar-refractivity contribution < 1.29 is 17.0 Å². The van der Waals surface area contributed by atoms with Crippen LogP contribution in [0.4, 0.5) is 14.5 Å². The average Bonchev–Trinajstić information content (AvgIpc) is 3.01. The molecule has 1 saturated heterocycles. The van der Waals surface area contributed by atoms with Gasteiger partial charge in [-0.15, -0.1) is 0 Å². The summed E-state index contributed by atoms with van der Waals surface area (Å²) in [5.74, 6) is -2.16. The minimum atomic E-state index is -2.20. The molecule has 1 aliphatic heterocycles. The van der Waals surface area contributed by atoms with Crippen LogP contribution in [0.15, 0.2) is 42.0 Å². The van der Waals surface area contributed by atoms with Crippen molar-refractivity contribution >= 4 is 11.3 Å². The Bertz CT molecular complexity index is 1100. The quantitative estimate of drug-likeness (QED) is 0.772. The molecule has 2 nitrogen and oxygen atoms in total. The predicted octanol–water partition coefficient (Wildman–Crippen LogP) is 5.39. The van der Waals surface area contributed by atoms with Crippen LogP contribution < -0.4 is 5.31 Å². The molecule has 2 aliphatic rings. The lowest BCUT2D eigenvalue weighted by Gasteiger charge is -2.33. The standard InChI is InChI=1S/C23H26F2N2/c1-15-12-18-4-3-5-22(23(18)16(15)2)26-19-8-10-27(11-9-19)14-17-6-7-20(24)21(25)13-17/h3-7,13,19,26H,8-12,14H2,1-2H3/i8D2,9D2,14D/hD. The summed E-state index contributed by atoms with van der Waals surface area (Å²) in [6, 6.07) is 7.07. The highest BCUT2D eigenvalue weighted by atomic mass is 19.2. The second kappa shape index (κ2) is 7.43. The molecule has 1 N–H and O–H groups in total. The molecule has 4 rings (SSSR count). The third kappa shape index (κ3) is 3.77. The fourth-order valence-corrected chi connectivity index (χ4v) is 3.57. The van der Waals surface area contributed by atoms with Crippen molar-refractivity contribution in [2.24, 2.45) is 0 Å². The highest BCUT2D eigenvalue weighted by Crippen LogP contribution is 2.37. The number of anilines is 1. The number of benzene rings is 2. The third-order valence-electron chi connectivity index (χ3n) is 5.12. The van der Waals surface area contributed by atoms with Crippen molar-refractivity contribution in [3.05, 3.63) is 70.3 Å². The Labute approximate surface area is 168 Å². The molecule has 0 aromatic heterocycles. The van der Waals surface area contributed by atoms with Crippen LogP contribution in [0.2, 0.25) is 1.41 Å². The van der Waals surface area contributed by atoms with Gasteiger partial charge in [-0.3, -0.25) is 4.90 Å². The zero-order valence-corrected chi connectivity index (χ0v) is 15.4. The van der Waals surface area contributed by atoms with Crippen LogP contribution in [0, 0.1) is 11.6 Å². The van der Waals surface area contributed by atoms with Gasteiger partial charge in [-0.05, 0) is 67.9 Å². The van der Waals surface area contributed by atoms with E-state index in [1.54, 1.807) is 12.1 Å². The molecule has 1 atom stereocenters. The number of halogens is 2. The van der Waals surface area contributed by atoms with Gasteiger partial charge in [0, 0.05) is 43.8 Å². The molecule has 0 bridgehead atoms. The Balaban J connectivity index is 1.66. The van der Waals surface area contributed by atoms with Gasteiger partial charge in [0.25, 0.3) is 0 Å². The van der Waals surface area contributed by atoms with Crippen LogP contribution in [-0.2, 0) is 12.9 Å². The van der Waals surface area contributed by atoms with Crippen LogP contribution in [0.3, 0.4) is 0 Å². The van der Waals surface area contributed by atoms with Crippen molar-refractivity contribution in [3.63, 3.8) is 0 Å². The molecule has 142 valence electrons. The number of fused-ring (bicyclic) bond motifs is 1. The predicted molar refractivity (Wildman–Crippen MR) is 107 cm³/mol. The summed E-state index contributed by atoms with van der Waals surface area (Å²) in [7, 11) is 0. The van der Waals surface area contributed by atoms with Crippen LogP contribution in [-0.4, -0.2) is 24.0 Å². The van der Waals surface area contributed by atoms with Crippen LogP contribution >= 0.6 is 0 Å². The fourth-order valence-electron chi connectivity index (χ4n) is 3.57. The molecule has 27 heavy (non-hydrogen) atoms. The summed E-state index contributed by atoms with van der Waals surface area (Å²) < 4.78 is 78.9. The van der Waals surface area contributed by atoms with Gasteiger partial charge in [0.2, 0.25) is 0 Å². The van der Waals surface area contributed by atoms with Crippen LogP contribution in [0.25, 0.3) is 5.57 Å². The summed E-state index contributed by atoms with van der Waals surface area (Å²) in [5.41, 5.74) is 4.62. The molecule has 0 saturated carbocycles. The van der Waals surface area contributed by atoms with Gasteiger partial charge < -0.3 is 5.31 Å². The highest BCUT2D eigenvalue weighted by molar-refractivity contribution is 5.83. The largest absolute Gasteiger partial charge is 0.382 e. The third-order valence-corrected chi connectivity index (χ3v) is 5.12. The van der Waals surface area contributed by atoms with Gasteiger partial charge in [-0.2, -0.15) is 0 Å². The lowest BCUT2D eigenvalue weighted by atomic mass is 10.00. The van der Waals surface area contributed by atoms with E-state index in [0.29, 0.717) is 5.69 Å². The molecule has 0 spiro atoms. The van der Waals surface area contributed by atoms with E-state index in [2.05, 4.69) is 0 Å². The van der Waals surface area contributed by atoms with Crippen molar-refractivity contribution in [1.29, 1.82) is 0 Å². The van der Waals surface area contributed by atoms with E-state index in [1.165, 1.54) is 11.0 Å². The Morgan fingerprint density at radius 2 is 1.96 bits per heavy atom. The van der Waals surface area contributed by atoms with E-state index < -0.39 is 36.9 Å². The van der Waals surface area contributed by atoms with Crippen LogP contribution in [0.5, 0.6) is 0 Å². The molecule has 2 aromatic rings. The summed E-state index contributed by atoms with van der Waals surface area (Å²) in [6.07, 6.45) is -3.65. The number of nitrogens with one attached hydrogen (secondary N) is 1. The Hall–Kier alpha value is -2.20. The van der Waals surface area contributed by atoms with Crippen molar-refractivity contribution in [2.75, 3.05) is 18.4 Å². The number of hydrogen-bond donors (Lipinski definition) is 1. The Morgan fingerprint density at radius 1 is 1.19 bits per heavy atom. The Kier molecular flexibility index (Phi) is 3.38. The first-order chi connectivity index (χ1) is 15.3. The topological polar surface area (TPSA) is 15.3 Å². The fraction of sp³-hybridized carbons (Fsp3) is 0.391. The molecule has 0 amide bonds. The summed E-state index contributed by atoms with van der Waals surface area (Å²) in [4.78, 5) is 1.27. The lowest BCUT2D eigenvalue weighted by molar-refractivity contribution is 0.211. The second-order valence-corrected chi connectivity index (χ2v) is 7.04. The summed E-state index contributed by atoms with van der Waals surface area (Å²) in [5, 5.41) is 0.953.